The minimum atomic E-state index is -0.649. The van der Waals surface area contributed by atoms with E-state index < -0.39 is 11.2 Å². The van der Waals surface area contributed by atoms with Crippen molar-refractivity contribution in [2.75, 3.05) is 14.2 Å². The van der Waals surface area contributed by atoms with Gasteiger partial charge < -0.3 is 20.0 Å². The number of ether oxygens (including phenoxy) is 2. The van der Waals surface area contributed by atoms with Gasteiger partial charge in [-0.05, 0) is 24.1 Å². The number of nitrogens with zero attached hydrogens (tertiary/aromatic N) is 2. The van der Waals surface area contributed by atoms with Gasteiger partial charge in [0.1, 0.15) is 5.56 Å². The molecule has 1 atom stereocenters. The highest BCUT2D eigenvalue weighted by Gasteiger charge is 2.27. The summed E-state index contributed by atoms with van der Waals surface area (Å²) in [5.74, 6) is 0.849. The first-order valence-corrected chi connectivity index (χ1v) is 9.10. The number of nitrogens with one attached hydrogen (secondary N) is 2. The topological polar surface area (TPSA) is 118 Å². The van der Waals surface area contributed by atoms with Gasteiger partial charge >= 0.3 is 5.69 Å². The molecule has 9 heteroatoms. The highest BCUT2D eigenvalue weighted by molar-refractivity contribution is 6.03. The molecule has 28 heavy (non-hydrogen) atoms. The van der Waals surface area contributed by atoms with Crippen molar-refractivity contribution >= 4 is 5.71 Å². The number of aromatic amines is 1. The molecule has 1 aromatic heterocycles. The van der Waals surface area contributed by atoms with Crippen molar-refractivity contribution in [3.05, 3.63) is 50.2 Å². The van der Waals surface area contributed by atoms with E-state index in [-0.39, 0.29) is 17.5 Å². The summed E-state index contributed by atoms with van der Waals surface area (Å²) in [6, 6.07) is 5.30. The van der Waals surface area contributed by atoms with Gasteiger partial charge in [0.25, 0.3) is 5.56 Å². The van der Waals surface area contributed by atoms with Crippen LogP contribution in [0.3, 0.4) is 0 Å². The summed E-state index contributed by atoms with van der Waals surface area (Å²) in [5.41, 5.74) is 3.02. The minimum absolute atomic E-state index is 0.0196. The maximum absolute atomic E-state index is 12.3. The lowest BCUT2D eigenvalue weighted by atomic mass is 9.99. The van der Waals surface area contributed by atoms with E-state index in [9.17, 15) is 14.7 Å². The zero-order valence-electron chi connectivity index (χ0n) is 16.1. The van der Waals surface area contributed by atoms with Gasteiger partial charge in [0.2, 0.25) is 5.88 Å². The molecule has 0 saturated carbocycles. The van der Waals surface area contributed by atoms with Gasteiger partial charge in [-0.1, -0.05) is 19.4 Å². The second-order valence-electron chi connectivity index (χ2n) is 6.52. The van der Waals surface area contributed by atoms with Crippen LogP contribution in [0.2, 0.25) is 0 Å². The number of aromatic hydroxyl groups is 1. The smallest absolute Gasteiger partial charge is 0.331 e. The Bertz CT molecular complexity index is 1010. The molecule has 0 radical (unpaired) electrons. The molecule has 1 aromatic carbocycles. The first-order valence-electron chi connectivity index (χ1n) is 9.10. The molecule has 9 nitrogen and oxygen atoms in total. The number of hydrogen-bond donors (Lipinski definition) is 3. The number of hydrazone groups is 1. The van der Waals surface area contributed by atoms with Crippen LogP contribution in [0.15, 0.2) is 32.9 Å². The van der Waals surface area contributed by atoms with Gasteiger partial charge in [-0.2, -0.15) is 5.10 Å². The van der Waals surface area contributed by atoms with Crippen LogP contribution >= 0.6 is 0 Å². The fourth-order valence-electron chi connectivity index (χ4n) is 3.20. The number of benzene rings is 1. The van der Waals surface area contributed by atoms with E-state index >= 15 is 0 Å². The molecule has 150 valence electrons. The standard InChI is InChI=1S/C19H24N4O5/c1-4-5-8-23-18(25)16(17(24)20-19(23)26)13-10-12(21-22-13)11-6-7-14(27-2)15(9-11)28-3/h6-7,9,12,21,25H,4-5,8,10H2,1-3H3,(H,20,24,26)/t12-/m0/s1. The Labute approximate surface area is 161 Å². The van der Waals surface area contributed by atoms with Gasteiger partial charge in [-0.25, -0.2) is 4.79 Å². The quantitative estimate of drug-likeness (QED) is 0.662. The Balaban J connectivity index is 1.90. The van der Waals surface area contributed by atoms with Crippen molar-refractivity contribution in [1.82, 2.24) is 15.0 Å². The largest absolute Gasteiger partial charge is 0.494 e. The van der Waals surface area contributed by atoms with Crippen LogP contribution in [-0.2, 0) is 6.54 Å². The highest BCUT2D eigenvalue weighted by atomic mass is 16.5. The number of rotatable bonds is 7. The SMILES string of the molecule is CCCCn1c(O)c(C2=NN[C@H](c3ccc(OC)c(OC)c3)C2)c(=O)[nH]c1=O. The van der Waals surface area contributed by atoms with Gasteiger partial charge in [0, 0.05) is 13.0 Å². The van der Waals surface area contributed by atoms with Crippen molar-refractivity contribution < 1.29 is 14.6 Å². The maximum Gasteiger partial charge on any atom is 0.331 e. The predicted molar refractivity (Wildman–Crippen MR) is 104 cm³/mol. The van der Waals surface area contributed by atoms with Gasteiger partial charge in [0.15, 0.2) is 11.5 Å². The van der Waals surface area contributed by atoms with Crippen LogP contribution < -0.4 is 26.1 Å². The van der Waals surface area contributed by atoms with Crippen LogP contribution in [-0.4, -0.2) is 34.6 Å². The third-order valence-corrected chi connectivity index (χ3v) is 4.76. The average Bonchev–Trinajstić information content (AvgIpc) is 3.16. The minimum Gasteiger partial charge on any atom is -0.494 e. The van der Waals surface area contributed by atoms with Crippen molar-refractivity contribution in [2.24, 2.45) is 5.10 Å². The first kappa shape index (κ1) is 19.5. The molecule has 3 rings (SSSR count). The molecule has 3 N–H and O–H groups in total. The summed E-state index contributed by atoms with van der Waals surface area (Å²) in [6.07, 6.45) is 1.93. The molecule has 0 bridgehead atoms. The van der Waals surface area contributed by atoms with Crippen LogP contribution in [0.25, 0.3) is 0 Å². The second kappa shape index (κ2) is 8.20. The summed E-state index contributed by atoms with van der Waals surface area (Å²) < 4.78 is 11.7. The average molecular weight is 388 g/mol. The van der Waals surface area contributed by atoms with Gasteiger partial charge in [-0.3, -0.25) is 14.3 Å². The van der Waals surface area contributed by atoms with Crippen molar-refractivity contribution in [2.45, 2.75) is 38.8 Å². The fraction of sp³-hybridized carbons (Fsp3) is 0.421. The fourth-order valence-corrected chi connectivity index (χ4v) is 3.20. The molecule has 0 aliphatic carbocycles. The summed E-state index contributed by atoms with van der Waals surface area (Å²) in [4.78, 5) is 26.6. The van der Waals surface area contributed by atoms with E-state index in [1.54, 1.807) is 20.3 Å². The van der Waals surface area contributed by atoms with E-state index in [1.165, 1.54) is 4.57 Å². The Morgan fingerprint density at radius 1 is 1.25 bits per heavy atom. The van der Waals surface area contributed by atoms with Crippen LogP contribution in [0.5, 0.6) is 17.4 Å². The molecule has 0 spiro atoms. The molecule has 0 unspecified atom stereocenters. The first-order chi connectivity index (χ1) is 13.5. The number of hydrogen-bond acceptors (Lipinski definition) is 7. The lowest BCUT2D eigenvalue weighted by Gasteiger charge is -2.14. The Morgan fingerprint density at radius 3 is 2.68 bits per heavy atom. The van der Waals surface area contributed by atoms with E-state index in [4.69, 9.17) is 9.47 Å². The second-order valence-corrected chi connectivity index (χ2v) is 6.52. The summed E-state index contributed by atoms with van der Waals surface area (Å²) in [6.45, 7) is 2.30. The van der Waals surface area contributed by atoms with Crippen LogP contribution in [0.4, 0.5) is 0 Å². The maximum atomic E-state index is 12.3. The molecule has 1 aliphatic heterocycles. The Morgan fingerprint density at radius 2 is 2.00 bits per heavy atom. The number of unbranched alkanes of at least 4 members (excludes halogenated alkanes) is 1. The van der Waals surface area contributed by atoms with Crippen molar-refractivity contribution in [3.8, 4) is 17.4 Å². The number of aromatic nitrogens is 2. The molecule has 0 saturated heterocycles. The van der Waals surface area contributed by atoms with Crippen molar-refractivity contribution in [1.29, 1.82) is 0 Å². The summed E-state index contributed by atoms with van der Waals surface area (Å²) in [7, 11) is 3.12. The lowest BCUT2D eigenvalue weighted by molar-refractivity contribution is 0.354. The highest BCUT2D eigenvalue weighted by Crippen LogP contribution is 2.33. The number of methoxy groups -OCH3 is 2. The molecular formula is C19H24N4O5. The Kier molecular flexibility index (Phi) is 5.72. The zero-order chi connectivity index (χ0) is 20.3. The van der Waals surface area contributed by atoms with E-state index in [1.807, 2.05) is 19.1 Å². The van der Waals surface area contributed by atoms with Crippen LogP contribution in [0.1, 0.15) is 43.4 Å². The third-order valence-electron chi connectivity index (χ3n) is 4.76. The molecule has 2 heterocycles. The monoisotopic (exact) mass is 388 g/mol. The van der Waals surface area contributed by atoms with Crippen LogP contribution in [0, 0.1) is 0 Å². The predicted octanol–water partition coefficient (Wildman–Crippen LogP) is 1.50. The third kappa shape index (κ3) is 3.60. The lowest BCUT2D eigenvalue weighted by Crippen LogP contribution is -2.33. The molecule has 2 aromatic rings. The molecule has 0 fully saturated rings. The van der Waals surface area contributed by atoms with Crippen molar-refractivity contribution in [3.63, 3.8) is 0 Å². The van der Waals surface area contributed by atoms with Gasteiger partial charge in [0.05, 0.1) is 26.0 Å². The molecule has 0 amide bonds. The molecular weight excluding hydrogens is 364 g/mol. The van der Waals surface area contributed by atoms with E-state index in [2.05, 4.69) is 15.5 Å². The molecule has 1 aliphatic rings. The van der Waals surface area contributed by atoms with Gasteiger partial charge in [-0.15, -0.1) is 0 Å². The summed E-state index contributed by atoms with van der Waals surface area (Å²) in [5, 5.41) is 14.8. The van der Waals surface area contributed by atoms with E-state index in [0.717, 1.165) is 12.0 Å². The van der Waals surface area contributed by atoms with E-state index in [0.29, 0.717) is 36.6 Å². The number of H-pyrrole nitrogens is 1. The normalized spacial score (nSPS) is 15.8. The zero-order valence-corrected chi connectivity index (χ0v) is 16.1. The summed E-state index contributed by atoms with van der Waals surface area (Å²) >= 11 is 0. The Hall–Kier alpha value is -3.23.